The summed E-state index contributed by atoms with van der Waals surface area (Å²) in [4.78, 5) is 13.6. The maximum atomic E-state index is 12.0. The van der Waals surface area contributed by atoms with Gasteiger partial charge in [-0.3, -0.25) is 0 Å². The van der Waals surface area contributed by atoms with Crippen molar-refractivity contribution in [2.45, 2.75) is 64.9 Å². The van der Waals surface area contributed by atoms with E-state index < -0.39 is 5.60 Å². The fourth-order valence-electron chi connectivity index (χ4n) is 2.77. The van der Waals surface area contributed by atoms with Gasteiger partial charge in [0.25, 0.3) is 0 Å². The Morgan fingerprint density at radius 1 is 1.39 bits per heavy atom. The predicted molar refractivity (Wildman–Crippen MR) is 90.6 cm³/mol. The molecule has 0 spiro atoms. The van der Waals surface area contributed by atoms with Gasteiger partial charge >= 0.3 is 6.09 Å². The lowest BCUT2D eigenvalue weighted by molar-refractivity contribution is -0.131. The Hall–Kier alpha value is -0.850. The van der Waals surface area contributed by atoms with E-state index in [1.165, 1.54) is 0 Å². The van der Waals surface area contributed by atoms with Crippen molar-refractivity contribution < 1.29 is 19.0 Å². The van der Waals surface area contributed by atoms with Crippen LogP contribution in [-0.4, -0.2) is 68.7 Å². The average molecular weight is 330 g/mol. The van der Waals surface area contributed by atoms with Gasteiger partial charge in [0.1, 0.15) is 5.60 Å². The Labute approximate surface area is 140 Å². The largest absolute Gasteiger partial charge is 0.444 e. The van der Waals surface area contributed by atoms with Gasteiger partial charge in [0.2, 0.25) is 0 Å². The molecule has 6 nitrogen and oxygen atoms in total. The average Bonchev–Trinajstić information content (AvgIpc) is 2.40. The molecule has 23 heavy (non-hydrogen) atoms. The van der Waals surface area contributed by atoms with Crippen LogP contribution in [0.25, 0.3) is 0 Å². The van der Waals surface area contributed by atoms with Gasteiger partial charge < -0.3 is 24.4 Å². The summed E-state index contributed by atoms with van der Waals surface area (Å²) in [7, 11) is 3.50. The van der Waals surface area contributed by atoms with Crippen molar-refractivity contribution in [2.75, 3.05) is 33.9 Å². The number of amides is 1. The lowest BCUT2D eigenvalue weighted by Gasteiger charge is -2.44. The zero-order chi connectivity index (χ0) is 17.6. The fourth-order valence-corrected chi connectivity index (χ4v) is 2.77. The van der Waals surface area contributed by atoms with Crippen molar-refractivity contribution in [1.82, 2.24) is 10.2 Å². The number of hydrogen-bond donors (Lipinski definition) is 1. The highest BCUT2D eigenvalue weighted by molar-refractivity contribution is 5.67. The van der Waals surface area contributed by atoms with Crippen LogP contribution in [0, 0.1) is 5.92 Å². The smallest absolute Gasteiger partial charge is 0.410 e. The third-order valence-electron chi connectivity index (χ3n) is 3.92. The summed E-state index contributed by atoms with van der Waals surface area (Å²) in [5.41, 5.74) is -0.460. The monoisotopic (exact) mass is 330 g/mol. The molecule has 0 radical (unpaired) electrons. The summed E-state index contributed by atoms with van der Waals surface area (Å²) in [5, 5.41) is 3.52. The molecule has 0 aromatic rings. The molecule has 1 rings (SSSR count). The summed E-state index contributed by atoms with van der Waals surface area (Å²) >= 11 is 0. The molecule has 1 aliphatic rings. The first-order valence-corrected chi connectivity index (χ1v) is 8.49. The van der Waals surface area contributed by atoms with Crippen molar-refractivity contribution in [2.24, 2.45) is 5.92 Å². The zero-order valence-electron chi connectivity index (χ0n) is 15.7. The normalized spacial score (nSPS) is 25.6. The first-order valence-electron chi connectivity index (χ1n) is 8.49. The lowest BCUT2D eigenvalue weighted by Crippen LogP contribution is -2.60. The van der Waals surface area contributed by atoms with Crippen LogP contribution in [-0.2, 0) is 14.2 Å². The van der Waals surface area contributed by atoms with E-state index in [0.29, 0.717) is 25.1 Å². The Morgan fingerprint density at radius 3 is 2.57 bits per heavy atom. The molecule has 0 aromatic carbocycles. The van der Waals surface area contributed by atoms with Gasteiger partial charge in [-0.25, -0.2) is 4.79 Å². The van der Waals surface area contributed by atoms with Crippen molar-refractivity contribution in [1.29, 1.82) is 0 Å². The number of carbonyl (C=O) groups is 1. The molecule has 0 aromatic heterocycles. The highest BCUT2D eigenvalue weighted by Gasteiger charge is 2.41. The maximum absolute atomic E-state index is 12.0. The fraction of sp³-hybridized carbons (Fsp3) is 0.941. The summed E-state index contributed by atoms with van der Waals surface area (Å²) in [6.07, 6.45) is 1.01. The first kappa shape index (κ1) is 20.2. The number of hydrogen-bond acceptors (Lipinski definition) is 5. The van der Waals surface area contributed by atoms with Crippen LogP contribution in [0.1, 0.15) is 41.0 Å². The molecule has 1 N–H and O–H groups in total. The standard InChI is InChI=1S/C17H34N2O4/c1-8-22-14-9-13(15(14)21-7)18-10-12(2)11-19(6)16(20)23-17(3,4)5/h12-15,18H,8-11H2,1-7H3. The molecular formula is C17H34N2O4. The molecule has 4 atom stereocenters. The number of nitrogens with one attached hydrogen (secondary N) is 1. The molecule has 0 saturated heterocycles. The topological polar surface area (TPSA) is 60.0 Å². The van der Waals surface area contributed by atoms with E-state index in [0.717, 1.165) is 13.0 Å². The number of carbonyl (C=O) groups excluding carboxylic acids is 1. The van der Waals surface area contributed by atoms with E-state index in [1.807, 2.05) is 27.7 Å². The van der Waals surface area contributed by atoms with Crippen molar-refractivity contribution in [3.05, 3.63) is 0 Å². The van der Waals surface area contributed by atoms with E-state index in [4.69, 9.17) is 14.2 Å². The van der Waals surface area contributed by atoms with Gasteiger partial charge in [-0.2, -0.15) is 0 Å². The van der Waals surface area contributed by atoms with E-state index >= 15 is 0 Å². The van der Waals surface area contributed by atoms with Crippen LogP contribution in [0.15, 0.2) is 0 Å². The Bertz CT molecular complexity index is 370. The number of methoxy groups -OCH3 is 1. The Morgan fingerprint density at radius 2 is 2.04 bits per heavy atom. The van der Waals surface area contributed by atoms with E-state index in [9.17, 15) is 4.79 Å². The molecule has 0 heterocycles. The van der Waals surface area contributed by atoms with E-state index in [1.54, 1.807) is 19.1 Å². The van der Waals surface area contributed by atoms with Crippen LogP contribution in [0.3, 0.4) is 0 Å². The second-order valence-corrected chi connectivity index (χ2v) is 7.41. The van der Waals surface area contributed by atoms with Gasteiger partial charge in [0.05, 0.1) is 12.2 Å². The van der Waals surface area contributed by atoms with Crippen molar-refractivity contribution in [3.63, 3.8) is 0 Å². The summed E-state index contributed by atoms with van der Waals surface area (Å²) < 4.78 is 16.5. The summed E-state index contributed by atoms with van der Waals surface area (Å²) in [6, 6.07) is 0.325. The summed E-state index contributed by atoms with van der Waals surface area (Å²) in [6.45, 7) is 11.9. The van der Waals surface area contributed by atoms with Gasteiger partial charge in [0.15, 0.2) is 0 Å². The van der Waals surface area contributed by atoms with Gasteiger partial charge in [-0.1, -0.05) is 6.92 Å². The highest BCUT2D eigenvalue weighted by atomic mass is 16.6. The molecule has 1 aliphatic carbocycles. The molecule has 1 saturated carbocycles. The van der Waals surface area contributed by atoms with Gasteiger partial charge in [-0.15, -0.1) is 0 Å². The quantitative estimate of drug-likeness (QED) is 0.740. The Balaban J connectivity index is 2.29. The van der Waals surface area contributed by atoms with E-state index in [2.05, 4.69) is 12.2 Å². The van der Waals surface area contributed by atoms with Crippen LogP contribution in [0.2, 0.25) is 0 Å². The molecule has 0 bridgehead atoms. The van der Waals surface area contributed by atoms with Crippen molar-refractivity contribution in [3.8, 4) is 0 Å². The molecule has 6 heteroatoms. The molecule has 136 valence electrons. The summed E-state index contributed by atoms with van der Waals surface area (Å²) in [5.74, 6) is 0.330. The maximum Gasteiger partial charge on any atom is 0.410 e. The molecule has 1 fully saturated rings. The SMILES string of the molecule is CCOC1CC(NCC(C)CN(C)C(=O)OC(C)(C)C)C1OC. The van der Waals surface area contributed by atoms with E-state index in [-0.39, 0.29) is 18.3 Å². The highest BCUT2D eigenvalue weighted by Crippen LogP contribution is 2.27. The van der Waals surface area contributed by atoms with Crippen LogP contribution < -0.4 is 5.32 Å². The lowest BCUT2D eigenvalue weighted by atomic mass is 9.85. The minimum atomic E-state index is -0.460. The third-order valence-corrected chi connectivity index (χ3v) is 3.92. The van der Waals surface area contributed by atoms with Crippen molar-refractivity contribution >= 4 is 6.09 Å². The van der Waals surface area contributed by atoms with Gasteiger partial charge in [0, 0.05) is 33.4 Å². The van der Waals surface area contributed by atoms with Crippen LogP contribution >= 0.6 is 0 Å². The molecule has 4 unspecified atom stereocenters. The molecule has 0 aliphatic heterocycles. The Kier molecular flexibility index (Phi) is 7.77. The minimum Gasteiger partial charge on any atom is -0.444 e. The second kappa shape index (κ2) is 8.85. The predicted octanol–water partition coefficient (Wildman–Crippen LogP) is 2.27. The zero-order valence-corrected chi connectivity index (χ0v) is 15.7. The second-order valence-electron chi connectivity index (χ2n) is 7.41. The van der Waals surface area contributed by atoms with Crippen LogP contribution in [0.5, 0.6) is 0 Å². The minimum absolute atomic E-state index is 0.116. The molecular weight excluding hydrogens is 296 g/mol. The van der Waals surface area contributed by atoms with Crippen LogP contribution in [0.4, 0.5) is 4.79 Å². The third kappa shape index (κ3) is 6.65. The van der Waals surface area contributed by atoms with Gasteiger partial charge in [-0.05, 0) is 46.6 Å². The number of nitrogens with zero attached hydrogens (tertiary/aromatic N) is 1. The molecule has 1 amide bonds. The number of ether oxygens (including phenoxy) is 3. The number of rotatable bonds is 8. The first-order chi connectivity index (χ1) is 10.7.